The number of nitrogens with one attached hydrogen (secondary N) is 2. The van der Waals surface area contributed by atoms with Crippen LogP contribution in [0.4, 0.5) is 0 Å². The highest BCUT2D eigenvalue weighted by Crippen LogP contribution is 2.20. The fourth-order valence-corrected chi connectivity index (χ4v) is 1.96. The smallest absolute Gasteiger partial charge is 0.255 e. The molecule has 0 radical (unpaired) electrons. The van der Waals surface area contributed by atoms with Gasteiger partial charge in [-0.1, -0.05) is 25.5 Å². The first-order valence-corrected chi connectivity index (χ1v) is 6.47. The van der Waals surface area contributed by atoms with Gasteiger partial charge >= 0.3 is 0 Å². The molecular formula is C15H24N2O2. The third-order valence-electron chi connectivity index (χ3n) is 2.98. The lowest BCUT2D eigenvalue weighted by Gasteiger charge is -2.24. The Bertz CT molecular complexity index is 442. The van der Waals surface area contributed by atoms with Crippen LogP contribution in [0.2, 0.25) is 0 Å². The Balaban J connectivity index is 2.76. The van der Waals surface area contributed by atoms with Crippen molar-refractivity contribution in [3.05, 3.63) is 29.3 Å². The Morgan fingerprint density at radius 1 is 1.32 bits per heavy atom. The van der Waals surface area contributed by atoms with E-state index in [1.807, 2.05) is 32.2 Å². The minimum Gasteiger partial charge on any atom is -0.496 e. The van der Waals surface area contributed by atoms with Crippen LogP contribution in [-0.2, 0) is 0 Å². The minimum absolute atomic E-state index is 0.0153. The fourth-order valence-electron chi connectivity index (χ4n) is 1.96. The molecule has 0 fully saturated rings. The van der Waals surface area contributed by atoms with Crippen molar-refractivity contribution in [2.75, 3.05) is 27.2 Å². The zero-order chi connectivity index (χ0) is 14.5. The second kappa shape index (κ2) is 6.57. The molecule has 0 spiro atoms. The van der Waals surface area contributed by atoms with Crippen LogP contribution in [0.3, 0.4) is 0 Å². The molecule has 1 aromatic carbocycles. The third kappa shape index (κ3) is 4.56. The molecule has 4 nitrogen and oxygen atoms in total. The number of methoxy groups -OCH3 is 1. The molecule has 0 aliphatic rings. The molecule has 0 aliphatic heterocycles. The molecule has 0 aliphatic carbocycles. The van der Waals surface area contributed by atoms with E-state index < -0.39 is 0 Å². The van der Waals surface area contributed by atoms with Gasteiger partial charge in [-0.05, 0) is 31.5 Å². The molecule has 0 unspecified atom stereocenters. The number of hydrogen-bond donors (Lipinski definition) is 2. The summed E-state index contributed by atoms with van der Waals surface area (Å²) in [7, 11) is 3.49. The van der Waals surface area contributed by atoms with Crippen LogP contribution in [0.1, 0.15) is 29.8 Å². The van der Waals surface area contributed by atoms with Crippen LogP contribution in [0.5, 0.6) is 5.75 Å². The average Bonchev–Trinajstić information content (AvgIpc) is 2.36. The maximum atomic E-state index is 12.2. The Hall–Kier alpha value is -1.55. The number of carbonyl (C=O) groups is 1. The van der Waals surface area contributed by atoms with E-state index in [1.54, 1.807) is 7.11 Å². The summed E-state index contributed by atoms with van der Waals surface area (Å²) >= 11 is 0. The van der Waals surface area contributed by atoms with Crippen molar-refractivity contribution in [2.45, 2.75) is 20.8 Å². The van der Waals surface area contributed by atoms with Crippen molar-refractivity contribution in [3.8, 4) is 5.75 Å². The van der Waals surface area contributed by atoms with Crippen LogP contribution < -0.4 is 15.4 Å². The van der Waals surface area contributed by atoms with Crippen molar-refractivity contribution < 1.29 is 9.53 Å². The Morgan fingerprint density at radius 2 is 2.00 bits per heavy atom. The molecule has 2 N–H and O–H groups in total. The van der Waals surface area contributed by atoms with Gasteiger partial charge in [0.1, 0.15) is 5.75 Å². The van der Waals surface area contributed by atoms with Crippen LogP contribution in [0.15, 0.2) is 18.2 Å². The molecule has 0 bridgehead atoms. The number of aryl methyl sites for hydroxylation is 1. The Labute approximate surface area is 115 Å². The molecule has 0 atom stereocenters. The molecule has 1 rings (SSSR count). The normalized spacial score (nSPS) is 11.2. The van der Waals surface area contributed by atoms with Crippen molar-refractivity contribution >= 4 is 5.91 Å². The van der Waals surface area contributed by atoms with E-state index in [0.717, 1.165) is 12.1 Å². The number of ether oxygens (including phenoxy) is 1. The fraction of sp³-hybridized carbons (Fsp3) is 0.533. The highest BCUT2D eigenvalue weighted by Gasteiger charge is 2.19. The second-order valence-electron chi connectivity index (χ2n) is 5.58. The van der Waals surface area contributed by atoms with Crippen LogP contribution >= 0.6 is 0 Å². The summed E-state index contributed by atoms with van der Waals surface area (Å²) < 4.78 is 5.23. The molecule has 1 aromatic rings. The molecule has 0 heterocycles. The largest absolute Gasteiger partial charge is 0.496 e. The molecule has 19 heavy (non-hydrogen) atoms. The maximum Gasteiger partial charge on any atom is 0.255 e. The van der Waals surface area contributed by atoms with Crippen molar-refractivity contribution in [2.24, 2.45) is 5.41 Å². The van der Waals surface area contributed by atoms with Gasteiger partial charge in [-0.15, -0.1) is 0 Å². The molecule has 4 heteroatoms. The molecule has 0 aromatic heterocycles. The first-order valence-electron chi connectivity index (χ1n) is 6.47. The van der Waals surface area contributed by atoms with E-state index in [2.05, 4.69) is 24.5 Å². The molecular weight excluding hydrogens is 240 g/mol. The number of rotatable bonds is 6. The second-order valence-corrected chi connectivity index (χ2v) is 5.58. The van der Waals surface area contributed by atoms with E-state index in [9.17, 15) is 4.79 Å². The number of carbonyl (C=O) groups excluding carboxylic acids is 1. The van der Waals surface area contributed by atoms with Gasteiger partial charge in [0.15, 0.2) is 0 Å². The van der Waals surface area contributed by atoms with Crippen molar-refractivity contribution in [1.29, 1.82) is 0 Å². The summed E-state index contributed by atoms with van der Waals surface area (Å²) in [6.07, 6.45) is 0. The minimum atomic E-state index is -0.0928. The first kappa shape index (κ1) is 15.5. The SMILES string of the molecule is CNCC(C)(C)CNC(=O)c1cc(C)ccc1OC. The lowest BCUT2D eigenvalue weighted by molar-refractivity contribution is 0.0933. The van der Waals surface area contributed by atoms with E-state index in [0.29, 0.717) is 17.9 Å². The summed E-state index contributed by atoms with van der Waals surface area (Å²) in [5, 5.41) is 6.09. The van der Waals surface area contributed by atoms with E-state index in [1.165, 1.54) is 0 Å². The standard InChI is InChI=1S/C15H24N2O2/c1-11-6-7-13(19-5)12(8-11)14(18)17-10-15(2,3)9-16-4/h6-8,16H,9-10H2,1-5H3,(H,17,18). The molecule has 0 saturated heterocycles. The van der Waals surface area contributed by atoms with Crippen LogP contribution in [-0.4, -0.2) is 33.2 Å². The van der Waals surface area contributed by atoms with E-state index >= 15 is 0 Å². The van der Waals surface area contributed by atoms with Gasteiger partial charge in [-0.25, -0.2) is 0 Å². The van der Waals surface area contributed by atoms with Crippen molar-refractivity contribution in [1.82, 2.24) is 10.6 Å². The van der Waals surface area contributed by atoms with Gasteiger partial charge in [-0.2, -0.15) is 0 Å². The van der Waals surface area contributed by atoms with Gasteiger partial charge in [0.05, 0.1) is 12.7 Å². The number of hydrogen-bond acceptors (Lipinski definition) is 3. The van der Waals surface area contributed by atoms with Gasteiger partial charge in [0, 0.05) is 13.1 Å². The quantitative estimate of drug-likeness (QED) is 0.826. The topological polar surface area (TPSA) is 50.4 Å². The summed E-state index contributed by atoms with van der Waals surface area (Å²) in [6.45, 7) is 7.64. The van der Waals surface area contributed by atoms with Gasteiger partial charge in [-0.3, -0.25) is 4.79 Å². The molecule has 1 amide bonds. The average molecular weight is 264 g/mol. The Kier molecular flexibility index (Phi) is 5.36. The van der Waals surface area contributed by atoms with E-state index in [-0.39, 0.29) is 11.3 Å². The zero-order valence-electron chi connectivity index (χ0n) is 12.5. The van der Waals surface area contributed by atoms with Gasteiger partial charge < -0.3 is 15.4 Å². The van der Waals surface area contributed by atoms with Crippen molar-refractivity contribution in [3.63, 3.8) is 0 Å². The Morgan fingerprint density at radius 3 is 2.58 bits per heavy atom. The third-order valence-corrected chi connectivity index (χ3v) is 2.98. The van der Waals surface area contributed by atoms with Crippen LogP contribution in [0.25, 0.3) is 0 Å². The van der Waals surface area contributed by atoms with Crippen LogP contribution in [0, 0.1) is 12.3 Å². The monoisotopic (exact) mass is 264 g/mol. The predicted molar refractivity (Wildman–Crippen MR) is 77.8 cm³/mol. The summed E-state index contributed by atoms with van der Waals surface area (Å²) in [6, 6.07) is 5.60. The lowest BCUT2D eigenvalue weighted by Crippen LogP contribution is -2.39. The summed E-state index contributed by atoms with van der Waals surface area (Å²) in [5.41, 5.74) is 1.64. The predicted octanol–water partition coefficient (Wildman–Crippen LogP) is 1.98. The highest BCUT2D eigenvalue weighted by molar-refractivity contribution is 5.97. The van der Waals surface area contributed by atoms with Gasteiger partial charge in [0.25, 0.3) is 5.91 Å². The molecule has 106 valence electrons. The first-order chi connectivity index (χ1) is 8.89. The maximum absolute atomic E-state index is 12.2. The van der Waals surface area contributed by atoms with E-state index in [4.69, 9.17) is 4.74 Å². The lowest BCUT2D eigenvalue weighted by atomic mass is 9.93. The number of amides is 1. The number of benzene rings is 1. The molecule has 0 saturated carbocycles. The van der Waals surface area contributed by atoms with Gasteiger partial charge in [0.2, 0.25) is 0 Å². The highest BCUT2D eigenvalue weighted by atomic mass is 16.5. The summed E-state index contributed by atoms with van der Waals surface area (Å²) in [5.74, 6) is 0.513. The summed E-state index contributed by atoms with van der Waals surface area (Å²) in [4.78, 5) is 12.2. The zero-order valence-corrected chi connectivity index (χ0v) is 12.5.